The molecule has 0 amide bonds. The quantitative estimate of drug-likeness (QED) is 0.779. The summed E-state index contributed by atoms with van der Waals surface area (Å²) in [5, 5.41) is 9.32. The number of hydrogen-bond donors (Lipinski definition) is 1. The fourth-order valence-corrected chi connectivity index (χ4v) is 4.44. The molecule has 0 saturated carbocycles. The number of aliphatic carboxylic acids is 1. The largest absolute Gasteiger partial charge is 0.487 e. The minimum atomic E-state index is -3.90. The molecule has 7 nitrogen and oxygen atoms in total. The normalized spacial score (nSPS) is 20.0. The summed E-state index contributed by atoms with van der Waals surface area (Å²) in [7, 11) is -2.38. The van der Waals surface area contributed by atoms with Crippen LogP contribution in [0.3, 0.4) is 0 Å². The summed E-state index contributed by atoms with van der Waals surface area (Å²) >= 11 is 5.95. The van der Waals surface area contributed by atoms with Gasteiger partial charge >= 0.3 is 5.97 Å². The topological polar surface area (TPSA) is 93.1 Å². The predicted octanol–water partition coefficient (Wildman–Crippen LogP) is 1.85. The van der Waals surface area contributed by atoms with Crippen LogP contribution in [0.15, 0.2) is 23.1 Å². The molecule has 1 saturated heterocycles. The van der Waals surface area contributed by atoms with Crippen LogP contribution >= 0.6 is 11.6 Å². The molecule has 9 heteroatoms. The van der Waals surface area contributed by atoms with Gasteiger partial charge in [0.1, 0.15) is 16.7 Å². The van der Waals surface area contributed by atoms with Gasteiger partial charge in [0.25, 0.3) is 0 Å². The Morgan fingerprint density at radius 1 is 1.50 bits per heavy atom. The van der Waals surface area contributed by atoms with Crippen molar-refractivity contribution in [3.63, 3.8) is 0 Å². The van der Waals surface area contributed by atoms with Gasteiger partial charge in [0.15, 0.2) is 0 Å². The molecule has 0 spiro atoms. The van der Waals surface area contributed by atoms with Gasteiger partial charge in [0, 0.05) is 25.2 Å². The Morgan fingerprint density at radius 3 is 2.79 bits per heavy atom. The lowest BCUT2D eigenvalue weighted by Crippen LogP contribution is -2.31. The fourth-order valence-electron chi connectivity index (χ4n) is 2.55. The van der Waals surface area contributed by atoms with Crippen LogP contribution in [0.2, 0.25) is 5.02 Å². The van der Waals surface area contributed by atoms with E-state index in [1.54, 1.807) is 13.0 Å². The first-order chi connectivity index (χ1) is 11.3. The van der Waals surface area contributed by atoms with Crippen LogP contribution in [0.25, 0.3) is 0 Å². The lowest BCUT2D eigenvalue weighted by atomic mass is 10.1. The van der Waals surface area contributed by atoms with Gasteiger partial charge in [0.2, 0.25) is 10.0 Å². The van der Waals surface area contributed by atoms with Crippen molar-refractivity contribution in [1.82, 2.24) is 4.31 Å². The number of carboxylic acid groups (broad SMARTS) is 1. The van der Waals surface area contributed by atoms with E-state index in [-0.39, 0.29) is 41.3 Å². The van der Waals surface area contributed by atoms with Gasteiger partial charge in [-0.1, -0.05) is 11.6 Å². The van der Waals surface area contributed by atoms with Crippen LogP contribution in [0.4, 0.5) is 0 Å². The van der Waals surface area contributed by atoms with Crippen LogP contribution in [-0.2, 0) is 19.6 Å². The summed E-state index contributed by atoms with van der Waals surface area (Å²) in [6.45, 7) is 2.15. The molecule has 1 aromatic carbocycles. The summed E-state index contributed by atoms with van der Waals surface area (Å²) in [4.78, 5) is 11.0. The molecule has 134 valence electrons. The van der Waals surface area contributed by atoms with Crippen molar-refractivity contribution >= 4 is 27.6 Å². The number of benzene rings is 1. The molecule has 2 unspecified atom stereocenters. The first kappa shape index (κ1) is 19.0. The Kier molecular flexibility index (Phi) is 6.08. The lowest BCUT2D eigenvalue weighted by Gasteiger charge is -2.21. The summed E-state index contributed by atoms with van der Waals surface area (Å²) in [5.74, 6) is -1.53. The summed E-state index contributed by atoms with van der Waals surface area (Å²) in [6, 6.07) is 4.35. The van der Waals surface area contributed by atoms with E-state index in [2.05, 4.69) is 0 Å². The highest BCUT2D eigenvalue weighted by Crippen LogP contribution is 2.33. The van der Waals surface area contributed by atoms with Crippen molar-refractivity contribution in [2.24, 2.45) is 5.92 Å². The van der Waals surface area contributed by atoms with Crippen molar-refractivity contribution < 1.29 is 27.8 Å². The molecular formula is C15H20ClNO6S. The molecule has 1 fully saturated rings. The highest BCUT2D eigenvalue weighted by molar-refractivity contribution is 7.89. The summed E-state index contributed by atoms with van der Waals surface area (Å²) in [5.41, 5.74) is 0. The zero-order valence-electron chi connectivity index (χ0n) is 13.4. The Hall–Kier alpha value is -1.35. The van der Waals surface area contributed by atoms with Crippen molar-refractivity contribution in [1.29, 1.82) is 0 Å². The van der Waals surface area contributed by atoms with Crippen LogP contribution in [0, 0.1) is 5.92 Å². The van der Waals surface area contributed by atoms with Crippen molar-refractivity contribution in [2.75, 3.05) is 26.8 Å². The minimum absolute atomic E-state index is 0.0583. The second kappa shape index (κ2) is 7.69. The number of carboxylic acids is 1. The number of hydrogen-bond acceptors (Lipinski definition) is 5. The molecular weight excluding hydrogens is 358 g/mol. The number of carbonyl (C=O) groups is 1. The molecule has 0 bridgehead atoms. The number of halogens is 1. The van der Waals surface area contributed by atoms with E-state index in [1.165, 1.54) is 19.2 Å². The van der Waals surface area contributed by atoms with Crippen LogP contribution in [-0.4, -0.2) is 56.7 Å². The van der Waals surface area contributed by atoms with Gasteiger partial charge < -0.3 is 14.6 Å². The molecule has 1 aliphatic rings. The Balaban J connectivity index is 2.32. The van der Waals surface area contributed by atoms with Gasteiger partial charge in [-0.05, 0) is 31.5 Å². The van der Waals surface area contributed by atoms with E-state index in [1.807, 2.05) is 0 Å². The number of sulfonamides is 1. The number of ether oxygens (including phenoxy) is 2. The average molecular weight is 378 g/mol. The highest BCUT2D eigenvalue weighted by Gasteiger charge is 2.37. The van der Waals surface area contributed by atoms with E-state index < -0.39 is 21.9 Å². The Bertz CT molecular complexity index is 708. The third-order valence-electron chi connectivity index (χ3n) is 3.75. The monoisotopic (exact) mass is 377 g/mol. The maximum Gasteiger partial charge on any atom is 0.307 e. The molecule has 0 radical (unpaired) electrons. The Labute approximate surface area is 146 Å². The van der Waals surface area contributed by atoms with Gasteiger partial charge in [-0.3, -0.25) is 4.79 Å². The van der Waals surface area contributed by atoms with E-state index in [4.69, 9.17) is 26.2 Å². The second-order valence-corrected chi connectivity index (χ2v) is 8.00. The number of rotatable bonds is 7. The first-order valence-electron chi connectivity index (χ1n) is 7.43. The summed E-state index contributed by atoms with van der Waals surface area (Å²) in [6.07, 6.45) is -0.0683. The molecule has 24 heavy (non-hydrogen) atoms. The van der Waals surface area contributed by atoms with Gasteiger partial charge in [-0.25, -0.2) is 8.42 Å². The van der Waals surface area contributed by atoms with Crippen molar-refractivity contribution in [3.8, 4) is 5.75 Å². The van der Waals surface area contributed by atoms with Crippen molar-refractivity contribution in [2.45, 2.75) is 24.3 Å². The third kappa shape index (κ3) is 4.18. The maximum atomic E-state index is 12.9. The number of methoxy groups -OCH3 is 1. The van der Waals surface area contributed by atoms with Crippen LogP contribution in [0.1, 0.15) is 13.3 Å². The van der Waals surface area contributed by atoms with Gasteiger partial charge in [0.05, 0.1) is 12.5 Å². The van der Waals surface area contributed by atoms with E-state index in [0.717, 1.165) is 4.31 Å². The van der Waals surface area contributed by atoms with Crippen molar-refractivity contribution in [3.05, 3.63) is 23.2 Å². The molecule has 0 aliphatic carbocycles. The molecule has 2 rings (SSSR count). The molecule has 1 aliphatic heterocycles. The molecule has 1 heterocycles. The second-order valence-electron chi connectivity index (χ2n) is 5.66. The number of nitrogens with zero attached hydrogens (tertiary/aromatic N) is 1. The first-order valence-corrected chi connectivity index (χ1v) is 9.25. The standard InChI is InChI=1S/C15H20ClNO6S/c1-10(9-22-2)23-13-4-3-12(16)7-14(13)24(20,21)17-6-5-11(8-17)15(18)19/h3-4,7,10-11H,5-6,8-9H2,1-2H3,(H,18,19). The SMILES string of the molecule is COCC(C)Oc1ccc(Cl)cc1S(=O)(=O)N1CCC(C(=O)O)C1. The minimum Gasteiger partial charge on any atom is -0.487 e. The maximum absolute atomic E-state index is 12.9. The molecule has 0 aromatic heterocycles. The van der Waals surface area contributed by atoms with Gasteiger partial charge in [-0.15, -0.1) is 0 Å². The predicted molar refractivity (Wildman–Crippen MR) is 87.9 cm³/mol. The molecule has 1 aromatic rings. The van der Waals surface area contributed by atoms with E-state index >= 15 is 0 Å². The zero-order valence-corrected chi connectivity index (χ0v) is 15.0. The lowest BCUT2D eigenvalue weighted by molar-refractivity contribution is -0.141. The fraction of sp³-hybridized carbons (Fsp3) is 0.533. The van der Waals surface area contributed by atoms with E-state index in [0.29, 0.717) is 6.61 Å². The highest BCUT2D eigenvalue weighted by atomic mass is 35.5. The summed E-state index contributed by atoms with van der Waals surface area (Å²) < 4.78 is 37.6. The van der Waals surface area contributed by atoms with Gasteiger partial charge in [-0.2, -0.15) is 4.31 Å². The zero-order chi connectivity index (χ0) is 17.9. The average Bonchev–Trinajstić information content (AvgIpc) is 3.00. The van der Waals surface area contributed by atoms with E-state index in [9.17, 15) is 13.2 Å². The third-order valence-corrected chi connectivity index (χ3v) is 5.87. The molecule has 1 N–H and O–H groups in total. The Morgan fingerprint density at radius 2 is 2.21 bits per heavy atom. The smallest absolute Gasteiger partial charge is 0.307 e. The van der Waals surface area contributed by atoms with Crippen LogP contribution < -0.4 is 4.74 Å². The van der Waals surface area contributed by atoms with Crippen LogP contribution in [0.5, 0.6) is 5.75 Å². The molecule has 2 atom stereocenters.